The number of fused-ring (bicyclic) bond motifs is 1. The van der Waals surface area contributed by atoms with Crippen LogP contribution in [0, 0.1) is 17.1 Å². The highest BCUT2D eigenvalue weighted by molar-refractivity contribution is 5.99. The van der Waals surface area contributed by atoms with E-state index in [4.69, 9.17) is 11.0 Å². The number of nitriles is 1. The van der Waals surface area contributed by atoms with Crippen LogP contribution in [0.15, 0.2) is 36.4 Å². The average molecular weight is 295 g/mol. The molecule has 0 aliphatic carbocycles. The number of hydrogen-bond donors (Lipinski definition) is 2. The molecule has 2 aromatic rings. The van der Waals surface area contributed by atoms with Gasteiger partial charge in [0.05, 0.1) is 12.1 Å². The van der Waals surface area contributed by atoms with E-state index in [2.05, 4.69) is 5.32 Å². The zero-order valence-electron chi connectivity index (χ0n) is 11.8. The summed E-state index contributed by atoms with van der Waals surface area (Å²) in [6, 6.07) is 11.5. The summed E-state index contributed by atoms with van der Waals surface area (Å²) in [5.41, 5.74) is 9.00. The number of halogens is 1. The lowest BCUT2D eigenvalue weighted by Gasteiger charge is -2.08. The summed E-state index contributed by atoms with van der Waals surface area (Å²) in [6.07, 6.45) is 0.176. The van der Waals surface area contributed by atoms with E-state index in [9.17, 15) is 9.18 Å². The Morgan fingerprint density at radius 1 is 1.27 bits per heavy atom. The third kappa shape index (κ3) is 2.57. The third-order valence-electron chi connectivity index (χ3n) is 3.79. The standard InChI is InChI=1S/C17H14FN3O/c18-16-7-11(1-3-12(16)5-14(20)8-19)10-2-4-13-9-21-17(22)15(13)6-10/h1-4,6-7,14H,5,9,20H2,(H,21,22)/t14-/m0/s1. The maximum absolute atomic E-state index is 14.1. The molecule has 0 bridgehead atoms. The van der Waals surface area contributed by atoms with Crippen LogP contribution in [0.1, 0.15) is 21.5 Å². The summed E-state index contributed by atoms with van der Waals surface area (Å²) in [6.45, 7) is 0.536. The van der Waals surface area contributed by atoms with Crippen LogP contribution in [0.2, 0.25) is 0 Å². The molecule has 0 fully saturated rings. The van der Waals surface area contributed by atoms with Crippen LogP contribution in [-0.4, -0.2) is 11.9 Å². The van der Waals surface area contributed by atoms with Gasteiger partial charge >= 0.3 is 0 Å². The van der Waals surface area contributed by atoms with Gasteiger partial charge < -0.3 is 11.1 Å². The van der Waals surface area contributed by atoms with Gasteiger partial charge in [-0.05, 0) is 34.4 Å². The molecule has 22 heavy (non-hydrogen) atoms. The van der Waals surface area contributed by atoms with Crippen LogP contribution in [-0.2, 0) is 13.0 Å². The van der Waals surface area contributed by atoms with Crippen LogP contribution in [0.3, 0.4) is 0 Å². The zero-order valence-corrected chi connectivity index (χ0v) is 11.8. The largest absolute Gasteiger partial charge is 0.348 e. The van der Waals surface area contributed by atoms with Crippen molar-refractivity contribution >= 4 is 5.91 Å². The Kier molecular flexibility index (Phi) is 3.61. The maximum atomic E-state index is 14.1. The number of nitrogens with zero attached hydrogens (tertiary/aromatic N) is 1. The minimum atomic E-state index is -0.718. The van der Waals surface area contributed by atoms with Crippen molar-refractivity contribution in [1.82, 2.24) is 5.32 Å². The lowest BCUT2D eigenvalue weighted by Crippen LogP contribution is -2.20. The predicted octanol–water partition coefficient (Wildman–Crippen LogP) is 2.13. The maximum Gasteiger partial charge on any atom is 0.251 e. The van der Waals surface area contributed by atoms with Gasteiger partial charge in [-0.2, -0.15) is 5.26 Å². The molecule has 110 valence electrons. The van der Waals surface area contributed by atoms with E-state index in [0.29, 0.717) is 23.2 Å². The normalized spacial score (nSPS) is 14.1. The van der Waals surface area contributed by atoms with Crippen molar-refractivity contribution < 1.29 is 9.18 Å². The second kappa shape index (κ2) is 5.58. The zero-order chi connectivity index (χ0) is 15.7. The highest BCUT2D eigenvalue weighted by Gasteiger charge is 2.19. The molecular formula is C17H14FN3O. The molecule has 0 radical (unpaired) electrons. The summed E-state index contributed by atoms with van der Waals surface area (Å²) < 4.78 is 14.1. The number of nitrogens with two attached hydrogens (primary N) is 1. The molecule has 2 aromatic carbocycles. The summed E-state index contributed by atoms with van der Waals surface area (Å²) in [7, 11) is 0. The van der Waals surface area contributed by atoms with Crippen molar-refractivity contribution in [2.75, 3.05) is 0 Å². The predicted molar refractivity (Wildman–Crippen MR) is 80.3 cm³/mol. The van der Waals surface area contributed by atoms with Crippen molar-refractivity contribution in [2.24, 2.45) is 5.73 Å². The molecule has 3 N–H and O–H groups in total. The summed E-state index contributed by atoms with van der Waals surface area (Å²) >= 11 is 0. The van der Waals surface area contributed by atoms with Crippen molar-refractivity contribution in [1.29, 1.82) is 5.26 Å². The average Bonchev–Trinajstić information content (AvgIpc) is 2.90. The number of carbonyl (C=O) groups is 1. The van der Waals surface area contributed by atoms with E-state index >= 15 is 0 Å². The quantitative estimate of drug-likeness (QED) is 0.910. The number of amides is 1. The first-order valence-electron chi connectivity index (χ1n) is 6.93. The van der Waals surface area contributed by atoms with Gasteiger partial charge in [0.1, 0.15) is 5.82 Å². The SMILES string of the molecule is N#C[C@@H](N)Cc1ccc(-c2ccc3c(c2)C(=O)NC3)cc1F. The Hall–Kier alpha value is -2.71. The molecule has 1 atom stereocenters. The summed E-state index contributed by atoms with van der Waals surface area (Å²) in [5, 5.41) is 11.5. The van der Waals surface area contributed by atoms with E-state index < -0.39 is 11.9 Å². The monoisotopic (exact) mass is 295 g/mol. The number of rotatable bonds is 3. The Labute approximate surface area is 127 Å². The molecule has 4 nitrogen and oxygen atoms in total. The molecule has 1 heterocycles. The van der Waals surface area contributed by atoms with Gasteiger partial charge in [0.2, 0.25) is 0 Å². The van der Waals surface area contributed by atoms with E-state index in [1.165, 1.54) is 6.07 Å². The van der Waals surface area contributed by atoms with Gasteiger partial charge in [-0.3, -0.25) is 4.79 Å². The number of carbonyl (C=O) groups excluding carboxylic acids is 1. The van der Waals surface area contributed by atoms with Crippen molar-refractivity contribution in [3.05, 3.63) is 58.9 Å². The Morgan fingerprint density at radius 3 is 2.73 bits per heavy atom. The first-order chi connectivity index (χ1) is 10.6. The molecule has 1 amide bonds. The minimum absolute atomic E-state index is 0.103. The van der Waals surface area contributed by atoms with E-state index in [1.54, 1.807) is 18.2 Å². The van der Waals surface area contributed by atoms with Gasteiger partial charge in [0.15, 0.2) is 0 Å². The van der Waals surface area contributed by atoms with Gasteiger partial charge in [-0.15, -0.1) is 0 Å². The first-order valence-corrected chi connectivity index (χ1v) is 6.93. The van der Waals surface area contributed by atoms with E-state index in [-0.39, 0.29) is 12.3 Å². The number of benzene rings is 2. The lowest BCUT2D eigenvalue weighted by atomic mass is 9.98. The number of hydrogen-bond acceptors (Lipinski definition) is 3. The molecule has 5 heteroatoms. The van der Waals surface area contributed by atoms with Crippen LogP contribution in [0.25, 0.3) is 11.1 Å². The van der Waals surface area contributed by atoms with Crippen LogP contribution in [0.5, 0.6) is 0 Å². The Balaban J connectivity index is 1.93. The summed E-state index contributed by atoms with van der Waals surface area (Å²) in [5.74, 6) is -0.498. The molecule has 3 rings (SSSR count). The fraction of sp³-hybridized carbons (Fsp3) is 0.176. The van der Waals surface area contributed by atoms with Crippen molar-refractivity contribution in [2.45, 2.75) is 19.0 Å². The van der Waals surface area contributed by atoms with Crippen molar-refractivity contribution in [3.8, 4) is 17.2 Å². The molecule has 0 unspecified atom stereocenters. The molecule has 0 saturated carbocycles. The summed E-state index contributed by atoms with van der Waals surface area (Å²) in [4.78, 5) is 11.7. The van der Waals surface area contributed by atoms with Crippen molar-refractivity contribution in [3.63, 3.8) is 0 Å². The number of nitrogens with one attached hydrogen (secondary N) is 1. The molecule has 1 aliphatic heterocycles. The smallest absolute Gasteiger partial charge is 0.251 e. The fourth-order valence-corrected chi connectivity index (χ4v) is 2.57. The third-order valence-corrected chi connectivity index (χ3v) is 3.79. The van der Waals surface area contributed by atoms with Gasteiger partial charge in [-0.25, -0.2) is 4.39 Å². The molecule has 0 aromatic heterocycles. The van der Waals surface area contributed by atoms with Crippen LogP contribution < -0.4 is 11.1 Å². The van der Waals surface area contributed by atoms with E-state index in [1.807, 2.05) is 18.2 Å². The lowest BCUT2D eigenvalue weighted by molar-refractivity contribution is 0.0966. The van der Waals surface area contributed by atoms with Gasteiger partial charge in [-0.1, -0.05) is 24.3 Å². The van der Waals surface area contributed by atoms with Gasteiger partial charge in [0, 0.05) is 18.5 Å². The van der Waals surface area contributed by atoms with Gasteiger partial charge in [0.25, 0.3) is 5.91 Å². The van der Waals surface area contributed by atoms with Crippen LogP contribution >= 0.6 is 0 Å². The fourth-order valence-electron chi connectivity index (χ4n) is 2.57. The van der Waals surface area contributed by atoms with E-state index in [0.717, 1.165) is 11.1 Å². The highest BCUT2D eigenvalue weighted by Crippen LogP contribution is 2.26. The topological polar surface area (TPSA) is 78.9 Å². The second-order valence-electron chi connectivity index (χ2n) is 5.30. The Morgan fingerprint density at radius 2 is 2.00 bits per heavy atom. The molecule has 1 aliphatic rings. The molecule has 0 saturated heterocycles. The second-order valence-corrected chi connectivity index (χ2v) is 5.30. The molecular weight excluding hydrogens is 281 g/mol. The van der Waals surface area contributed by atoms with Crippen LogP contribution in [0.4, 0.5) is 4.39 Å². The Bertz CT molecular complexity index is 795. The minimum Gasteiger partial charge on any atom is -0.348 e. The highest BCUT2D eigenvalue weighted by atomic mass is 19.1. The first kappa shape index (κ1) is 14.2. The molecule has 0 spiro atoms.